The van der Waals surface area contributed by atoms with E-state index in [-0.39, 0.29) is 12.0 Å². The molecule has 9 nitrogen and oxygen atoms in total. The Morgan fingerprint density at radius 1 is 1.28 bits per heavy atom. The molecule has 4 rings (SSSR count). The van der Waals surface area contributed by atoms with Crippen molar-refractivity contribution in [3.63, 3.8) is 0 Å². The highest BCUT2D eigenvalue weighted by Crippen LogP contribution is 2.36. The van der Waals surface area contributed by atoms with Crippen molar-refractivity contribution < 1.29 is 37.0 Å². The summed E-state index contributed by atoms with van der Waals surface area (Å²) in [5.41, 5.74) is 0.821. The number of piperidine rings is 1. The molecule has 12 heteroatoms. The van der Waals surface area contributed by atoms with Gasteiger partial charge in [0.15, 0.2) is 0 Å². The second-order valence-corrected chi connectivity index (χ2v) is 7.64. The zero-order valence-electron chi connectivity index (χ0n) is 17.3. The van der Waals surface area contributed by atoms with Crippen molar-refractivity contribution in [2.45, 2.75) is 38.5 Å². The van der Waals surface area contributed by atoms with Crippen LogP contribution in [0.3, 0.4) is 0 Å². The van der Waals surface area contributed by atoms with Crippen molar-refractivity contribution in [3.05, 3.63) is 41.9 Å². The van der Waals surface area contributed by atoms with Gasteiger partial charge in [-0.1, -0.05) is 6.07 Å². The highest BCUT2D eigenvalue weighted by Gasteiger charge is 2.42. The van der Waals surface area contributed by atoms with Crippen LogP contribution in [-0.2, 0) is 27.2 Å². The van der Waals surface area contributed by atoms with Gasteiger partial charge in [0.05, 0.1) is 25.6 Å². The minimum Gasteiger partial charge on any atom is -0.475 e. The van der Waals surface area contributed by atoms with Gasteiger partial charge in [0.1, 0.15) is 0 Å². The predicted molar refractivity (Wildman–Crippen MR) is 102 cm³/mol. The molecule has 0 aliphatic carbocycles. The number of rotatable bonds is 4. The van der Waals surface area contributed by atoms with E-state index in [9.17, 15) is 18.0 Å². The third kappa shape index (κ3) is 6.25. The molecule has 2 aromatic rings. The largest absolute Gasteiger partial charge is 0.490 e. The first kappa shape index (κ1) is 23.6. The Morgan fingerprint density at radius 2 is 2.03 bits per heavy atom. The quantitative estimate of drug-likeness (QED) is 0.743. The third-order valence-corrected chi connectivity index (χ3v) is 5.39. The summed E-state index contributed by atoms with van der Waals surface area (Å²) in [5.74, 6) is -0.557. The fourth-order valence-electron chi connectivity index (χ4n) is 3.89. The number of alkyl halides is 3. The Morgan fingerprint density at radius 3 is 2.62 bits per heavy atom. The minimum absolute atomic E-state index is 0.109. The first-order valence-electron chi connectivity index (χ1n) is 10.0. The van der Waals surface area contributed by atoms with Crippen LogP contribution in [0, 0.1) is 18.8 Å². The smallest absolute Gasteiger partial charge is 0.475 e. The SMILES string of the molecule is Cc1nnc(C[C@@H]2OC[C@H]3CN(C(=O)Cc4ccccn4)CC[C@H]32)o1.O=C(O)C(F)(F)F. The summed E-state index contributed by atoms with van der Waals surface area (Å²) in [7, 11) is 0. The molecule has 0 saturated carbocycles. The molecule has 2 saturated heterocycles. The van der Waals surface area contributed by atoms with Crippen molar-refractivity contribution in [2.75, 3.05) is 19.7 Å². The number of hydrogen-bond donors (Lipinski definition) is 1. The van der Waals surface area contributed by atoms with E-state index in [0.29, 0.717) is 43.1 Å². The number of aromatic nitrogens is 3. The zero-order chi connectivity index (χ0) is 23.3. The van der Waals surface area contributed by atoms with E-state index in [2.05, 4.69) is 15.2 Å². The van der Waals surface area contributed by atoms with Gasteiger partial charge in [-0.3, -0.25) is 9.78 Å². The molecule has 1 N–H and O–H groups in total. The van der Waals surface area contributed by atoms with Gasteiger partial charge < -0.3 is 19.2 Å². The second-order valence-electron chi connectivity index (χ2n) is 7.64. The van der Waals surface area contributed by atoms with Gasteiger partial charge in [0.25, 0.3) is 0 Å². The van der Waals surface area contributed by atoms with Gasteiger partial charge in [-0.25, -0.2) is 4.79 Å². The Bertz CT molecular complexity index is 921. The number of likely N-dealkylation sites (tertiary alicyclic amines) is 1. The number of carboxylic acids is 1. The Kier molecular flexibility index (Phi) is 7.44. The van der Waals surface area contributed by atoms with Crippen molar-refractivity contribution in [1.82, 2.24) is 20.1 Å². The van der Waals surface area contributed by atoms with Crippen molar-refractivity contribution in [2.24, 2.45) is 11.8 Å². The average molecular weight is 456 g/mol. The molecule has 0 bridgehead atoms. The molecule has 1 amide bonds. The summed E-state index contributed by atoms with van der Waals surface area (Å²) in [6, 6.07) is 5.67. The van der Waals surface area contributed by atoms with E-state index in [4.69, 9.17) is 19.1 Å². The van der Waals surface area contributed by atoms with Crippen molar-refractivity contribution in [1.29, 1.82) is 0 Å². The maximum Gasteiger partial charge on any atom is 0.490 e. The number of carboxylic acid groups (broad SMARTS) is 1. The van der Waals surface area contributed by atoms with Crippen LogP contribution in [0.4, 0.5) is 13.2 Å². The molecule has 0 aromatic carbocycles. The minimum atomic E-state index is -5.08. The lowest BCUT2D eigenvalue weighted by molar-refractivity contribution is -0.192. The van der Waals surface area contributed by atoms with Crippen LogP contribution < -0.4 is 0 Å². The monoisotopic (exact) mass is 456 g/mol. The number of carbonyl (C=O) groups is 2. The molecule has 0 radical (unpaired) electrons. The van der Waals surface area contributed by atoms with E-state index in [1.165, 1.54) is 0 Å². The lowest BCUT2D eigenvalue weighted by Gasteiger charge is -2.35. The van der Waals surface area contributed by atoms with Crippen LogP contribution in [0.2, 0.25) is 0 Å². The van der Waals surface area contributed by atoms with Crippen molar-refractivity contribution in [3.8, 4) is 0 Å². The molecule has 2 fully saturated rings. The van der Waals surface area contributed by atoms with E-state index < -0.39 is 12.1 Å². The summed E-state index contributed by atoms with van der Waals surface area (Å²) in [5, 5.41) is 15.1. The van der Waals surface area contributed by atoms with Crippen LogP contribution >= 0.6 is 0 Å². The third-order valence-electron chi connectivity index (χ3n) is 5.39. The molecule has 174 valence electrons. The van der Waals surface area contributed by atoms with Crippen LogP contribution in [0.15, 0.2) is 28.8 Å². The summed E-state index contributed by atoms with van der Waals surface area (Å²) >= 11 is 0. The Labute approximate surface area is 181 Å². The molecular formula is C20H23F3N4O5. The number of aliphatic carboxylic acids is 1. The van der Waals surface area contributed by atoms with E-state index >= 15 is 0 Å². The molecule has 0 unspecified atom stereocenters. The normalized spacial score (nSPS) is 22.6. The van der Waals surface area contributed by atoms with E-state index in [1.807, 2.05) is 23.1 Å². The summed E-state index contributed by atoms with van der Waals surface area (Å²) < 4.78 is 43.2. The fourth-order valence-corrected chi connectivity index (χ4v) is 3.89. The van der Waals surface area contributed by atoms with E-state index in [0.717, 1.165) is 25.2 Å². The lowest BCUT2D eigenvalue weighted by atomic mass is 9.83. The number of aryl methyl sites for hydroxylation is 1. The molecule has 2 aliphatic rings. The maximum atomic E-state index is 12.5. The van der Waals surface area contributed by atoms with E-state index in [1.54, 1.807) is 13.1 Å². The fraction of sp³-hybridized carbons (Fsp3) is 0.550. The number of carbonyl (C=O) groups excluding carboxylic acids is 1. The topological polar surface area (TPSA) is 119 Å². The Balaban J connectivity index is 0.000000360. The number of halogens is 3. The number of pyridine rings is 1. The number of ether oxygens (including phenoxy) is 1. The van der Waals surface area contributed by atoms with Gasteiger partial charge in [-0.05, 0) is 24.5 Å². The highest BCUT2D eigenvalue weighted by atomic mass is 19.4. The number of hydrogen-bond acceptors (Lipinski definition) is 7. The van der Waals surface area contributed by atoms with Crippen molar-refractivity contribution >= 4 is 11.9 Å². The molecular weight excluding hydrogens is 433 g/mol. The predicted octanol–water partition coefficient (Wildman–Crippen LogP) is 2.06. The standard InChI is InChI=1S/C18H22N4O3.C2HF3O2/c1-12-20-21-17(25-12)9-16-15-5-7-22(10-13(15)11-24-16)18(23)8-14-4-2-3-6-19-14;3-2(4,5)1(6)7/h2-4,6,13,15-16H,5,7-11H2,1H3;(H,6,7)/t13-,15-,16+;/m1./s1. The molecule has 0 spiro atoms. The molecule has 3 atom stereocenters. The average Bonchev–Trinajstić information content (AvgIpc) is 3.34. The first-order chi connectivity index (χ1) is 15.1. The first-order valence-corrected chi connectivity index (χ1v) is 10.0. The van der Waals surface area contributed by atoms with Gasteiger partial charge >= 0.3 is 12.1 Å². The molecule has 4 heterocycles. The molecule has 2 aliphatic heterocycles. The van der Waals surface area contributed by atoms with Crippen LogP contribution in [-0.4, -0.2) is 69.0 Å². The Hall–Kier alpha value is -3.02. The van der Waals surface area contributed by atoms with Gasteiger partial charge in [0, 0.05) is 37.8 Å². The molecule has 2 aromatic heterocycles. The number of amides is 1. The number of fused-ring (bicyclic) bond motifs is 1. The molecule has 32 heavy (non-hydrogen) atoms. The number of nitrogens with zero attached hydrogens (tertiary/aromatic N) is 4. The van der Waals surface area contributed by atoms with Crippen LogP contribution in [0.25, 0.3) is 0 Å². The van der Waals surface area contributed by atoms with Gasteiger partial charge in [0.2, 0.25) is 17.7 Å². The second kappa shape index (κ2) is 10.1. The van der Waals surface area contributed by atoms with Gasteiger partial charge in [-0.2, -0.15) is 13.2 Å². The lowest BCUT2D eigenvalue weighted by Crippen LogP contribution is -2.45. The summed E-state index contributed by atoms with van der Waals surface area (Å²) in [6.45, 7) is 4.02. The zero-order valence-corrected chi connectivity index (χ0v) is 17.3. The van der Waals surface area contributed by atoms with Crippen LogP contribution in [0.5, 0.6) is 0 Å². The maximum absolute atomic E-state index is 12.5. The highest BCUT2D eigenvalue weighted by molar-refractivity contribution is 5.78. The van der Waals surface area contributed by atoms with Crippen LogP contribution in [0.1, 0.15) is 23.9 Å². The summed E-state index contributed by atoms with van der Waals surface area (Å²) in [6.07, 6.45) is -1.27. The van der Waals surface area contributed by atoms with Gasteiger partial charge in [-0.15, -0.1) is 10.2 Å². The summed E-state index contributed by atoms with van der Waals surface area (Å²) in [4.78, 5) is 27.6.